The lowest BCUT2D eigenvalue weighted by atomic mass is 9.71. The molecule has 51 heavy (non-hydrogen) atoms. The molecule has 14 heteroatoms. The highest BCUT2D eigenvalue weighted by atomic mass is 19.4. The van der Waals surface area contributed by atoms with Gasteiger partial charge >= 0.3 is 18.1 Å². The quantitative estimate of drug-likeness (QED) is 0.258. The number of halogens is 3. The molecule has 1 fully saturated rings. The first-order valence-corrected chi connectivity index (χ1v) is 16.6. The zero-order chi connectivity index (χ0) is 36.4. The number of nitriles is 1. The van der Waals surface area contributed by atoms with Crippen LogP contribution in [-0.2, 0) is 33.6 Å². The molecule has 3 aromatic rings. The van der Waals surface area contributed by atoms with Crippen LogP contribution in [0, 0.1) is 25.2 Å². The molecule has 2 unspecified atom stereocenters. The van der Waals surface area contributed by atoms with Crippen molar-refractivity contribution < 1.29 is 51.6 Å². The van der Waals surface area contributed by atoms with Crippen molar-refractivity contribution in [3.63, 3.8) is 0 Å². The Hall–Kier alpha value is -5.00. The van der Waals surface area contributed by atoms with Crippen LogP contribution in [0.5, 0.6) is 28.7 Å². The van der Waals surface area contributed by atoms with Gasteiger partial charge in [0.25, 0.3) is 0 Å². The number of esters is 2. The second kappa shape index (κ2) is 13.0. The number of methoxy groups -OCH3 is 1. The number of hydrogen-bond acceptors (Lipinski definition) is 11. The minimum absolute atomic E-state index is 0.0132. The maximum absolute atomic E-state index is 13.7. The predicted octanol–water partition coefficient (Wildman–Crippen LogP) is 5.16. The first kappa shape index (κ1) is 34.4. The van der Waals surface area contributed by atoms with Gasteiger partial charge in [-0.05, 0) is 56.8 Å². The van der Waals surface area contributed by atoms with Gasteiger partial charge in [0.1, 0.15) is 18.4 Å². The number of benzene rings is 3. The lowest BCUT2D eigenvalue weighted by Crippen LogP contribution is -2.68. The van der Waals surface area contributed by atoms with Gasteiger partial charge in [-0.3, -0.25) is 14.6 Å². The molecule has 4 heterocycles. The maximum Gasteiger partial charge on any atom is 0.491 e. The lowest BCUT2D eigenvalue weighted by Gasteiger charge is -2.59. The second-order valence-electron chi connectivity index (χ2n) is 13.3. The van der Waals surface area contributed by atoms with E-state index in [-0.39, 0.29) is 72.2 Å². The normalized spacial score (nSPS) is 23.4. The van der Waals surface area contributed by atoms with Gasteiger partial charge in [0.2, 0.25) is 6.79 Å². The molecule has 1 N–H and O–H groups in total. The van der Waals surface area contributed by atoms with Gasteiger partial charge in [-0.25, -0.2) is 4.79 Å². The van der Waals surface area contributed by atoms with Gasteiger partial charge in [0.15, 0.2) is 23.0 Å². The van der Waals surface area contributed by atoms with E-state index in [2.05, 4.69) is 6.07 Å². The first-order valence-electron chi connectivity index (χ1n) is 16.6. The van der Waals surface area contributed by atoms with Crippen LogP contribution in [0.3, 0.4) is 0 Å². The molecule has 5 atom stereocenters. The Morgan fingerprint density at radius 2 is 1.78 bits per heavy atom. The fourth-order valence-electron chi connectivity index (χ4n) is 8.41. The van der Waals surface area contributed by atoms with Gasteiger partial charge in [0.05, 0.1) is 25.3 Å². The van der Waals surface area contributed by atoms with Crippen LogP contribution in [-0.4, -0.2) is 78.7 Å². The molecule has 4 aliphatic rings. The van der Waals surface area contributed by atoms with E-state index in [1.807, 2.05) is 60.2 Å². The van der Waals surface area contributed by atoms with Crippen molar-refractivity contribution in [1.29, 1.82) is 5.26 Å². The predicted molar refractivity (Wildman–Crippen MR) is 174 cm³/mol. The highest BCUT2D eigenvalue weighted by Crippen LogP contribution is 2.58. The molecule has 268 valence electrons. The van der Waals surface area contributed by atoms with E-state index in [1.165, 1.54) is 14.0 Å². The molecule has 4 aliphatic heterocycles. The molecule has 0 saturated carbocycles. The van der Waals surface area contributed by atoms with Crippen LogP contribution in [0.1, 0.15) is 57.4 Å². The number of aryl methyl sites for hydroxylation is 2. The number of fused-ring (bicyclic) bond motifs is 9. The second-order valence-corrected chi connectivity index (χ2v) is 13.3. The minimum atomic E-state index is -5.29. The van der Waals surface area contributed by atoms with E-state index < -0.39 is 42.3 Å². The third kappa shape index (κ3) is 5.68. The van der Waals surface area contributed by atoms with Crippen molar-refractivity contribution in [2.24, 2.45) is 0 Å². The molecule has 3 aromatic carbocycles. The number of phenolic OH excluding ortho intramolecular Hbond substituents is 1. The van der Waals surface area contributed by atoms with E-state index in [9.17, 15) is 33.1 Å². The van der Waals surface area contributed by atoms with Crippen LogP contribution in [0.15, 0.2) is 36.4 Å². The lowest BCUT2D eigenvalue weighted by molar-refractivity contribution is -0.189. The van der Waals surface area contributed by atoms with Crippen LogP contribution in [0.4, 0.5) is 13.2 Å². The summed E-state index contributed by atoms with van der Waals surface area (Å²) in [5.74, 6) is -2.72. The molecule has 11 nitrogen and oxygen atoms in total. The Labute approximate surface area is 292 Å². The third-order valence-corrected chi connectivity index (χ3v) is 10.6. The number of alkyl halides is 3. The average molecular weight is 708 g/mol. The summed E-state index contributed by atoms with van der Waals surface area (Å²) < 4.78 is 69.3. The van der Waals surface area contributed by atoms with Gasteiger partial charge in [-0.2, -0.15) is 18.4 Å². The Balaban J connectivity index is 1.38. The molecule has 0 aromatic heterocycles. The standard InChI is InChI=1S/C37H36F3N3O8/c1-18-12-21-13-23-25(15-41)43-24(30(42(23)3)28(21)31(45)32(18)47-4)14-22-29(26(43)16-48-27(44)11-10-20-8-6-5-7-9-20)35-34(49-17-50-35)19(2)33(22)51-36(46)37(38,39)40/h5-9,12,23-26,30,45H,10-11,13-14,16-17H2,1-4H3/t23-,24?,25?,26-,30-/m0/s1. The number of ether oxygens (including phenoxy) is 5. The molecule has 0 spiro atoms. The fourth-order valence-corrected chi connectivity index (χ4v) is 8.41. The zero-order valence-electron chi connectivity index (χ0n) is 28.4. The molecular weight excluding hydrogens is 671 g/mol. The zero-order valence-corrected chi connectivity index (χ0v) is 28.4. The van der Waals surface area contributed by atoms with Crippen molar-refractivity contribution in [3.8, 4) is 34.8 Å². The Morgan fingerprint density at radius 3 is 2.47 bits per heavy atom. The number of rotatable bonds is 7. The number of phenols is 1. The number of piperazine rings is 1. The highest BCUT2D eigenvalue weighted by Gasteiger charge is 2.57. The number of hydrogen-bond donors (Lipinski definition) is 1. The largest absolute Gasteiger partial charge is 0.504 e. The monoisotopic (exact) mass is 707 g/mol. The van der Waals surface area contributed by atoms with E-state index >= 15 is 0 Å². The number of aromatic hydroxyl groups is 1. The van der Waals surface area contributed by atoms with Crippen molar-refractivity contribution in [3.05, 3.63) is 75.3 Å². The summed E-state index contributed by atoms with van der Waals surface area (Å²) in [5, 5.41) is 22.5. The van der Waals surface area contributed by atoms with Crippen molar-refractivity contribution in [2.75, 3.05) is 27.6 Å². The van der Waals surface area contributed by atoms with Crippen LogP contribution in [0.25, 0.3) is 0 Å². The summed E-state index contributed by atoms with van der Waals surface area (Å²) in [6, 6.07) is 10.4. The maximum atomic E-state index is 13.7. The van der Waals surface area contributed by atoms with E-state index in [1.54, 1.807) is 0 Å². The Bertz CT molecular complexity index is 1950. The molecule has 1 saturated heterocycles. The molecule has 0 aliphatic carbocycles. The summed E-state index contributed by atoms with van der Waals surface area (Å²) >= 11 is 0. The summed E-state index contributed by atoms with van der Waals surface area (Å²) in [5.41, 5.74) is 3.71. The highest BCUT2D eigenvalue weighted by molar-refractivity contribution is 5.80. The van der Waals surface area contributed by atoms with Gasteiger partial charge in [0, 0.05) is 40.8 Å². The molecule has 7 rings (SSSR count). The molecule has 2 bridgehead atoms. The van der Waals surface area contributed by atoms with E-state index in [4.69, 9.17) is 23.7 Å². The van der Waals surface area contributed by atoms with Crippen molar-refractivity contribution in [2.45, 2.75) is 75.9 Å². The summed E-state index contributed by atoms with van der Waals surface area (Å²) in [6.07, 6.45) is -4.43. The van der Waals surface area contributed by atoms with Crippen molar-refractivity contribution in [1.82, 2.24) is 9.80 Å². The van der Waals surface area contributed by atoms with Gasteiger partial charge < -0.3 is 28.8 Å². The number of carbonyl (C=O) groups is 2. The average Bonchev–Trinajstić information content (AvgIpc) is 3.59. The van der Waals surface area contributed by atoms with Crippen LogP contribution in [0.2, 0.25) is 0 Å². The SMILES string of the molecule is COc1c(C)cc2c(c1O)[C@@H]1C3Cc4c(OC(=O)C(F)(F)F)c(C)c5c(c4[C@H](COC(=O)CCc4ccccc4)N3C(C#N)[C@H](C2)N1C)OCO5. The van der Waals surface area contributed by atoms with E-state index in [0.717, 1.165) is 11.1 Å². The third-order valence-electron chi connectivity index (χ3n) is 10.6. The van der Waals surface area contributed by atoms with Gasteiger partial charge in [-0.15, -0.1) is 0 Å². The number of likely N-dealkylation sites (N-methyl/N-ethyl adjacent to an activating group) is 1. The first-order chi connectivity index (χ1) is 24.3. The smallest absolute Gasteiger partial charge is 0.491 e. The van der Waals surface area contributed by atoms with Crippen LogP contribution < -0.4 is 18.9 Å². The number of carbonyl (C=O) groups excluding carboxylic acids is 2. The molecule has 0 radical (unpaired) electrons. The summed E-state index contributed by atoms with van der Waals surface area (Å²) in [7, 11) is 3.30. The summed E-state index contributed by atoms with van der Waals surface area (Å²) in [6.45, 7) is 2.75. The number of nitrogens with zero attached hydrogens (tertiary/aromatic N) is 3. The topological polar surface area (TPSA) is 131 Å². The molecule has 0 amide bonds. The fraction of sp³-hybridized carbons (Fsp3) is 0.432. The Kier molecular flexibility index (Phi) is 8.75. The van der Waals surface area contributed by atoms with Crippen LogP contribution >= 0.6 is 0 Å². The van der Waals surface area contributed by atoms with Gasteiger partial charge in [-0.1, -0.05) is 36.4 Å². The Morgan fingerprint density at radius 1 is 1.06 bits per heavy atom. The molecular formula is C37H36F3N3O8. The minimum Gasteiger partial charge on any atom is -0.504 e. The summed E-state index contributed by atoms with van der Waals surface area (Å²) in [4.78, 5) is 29.5. The van der Waals surface area contributed by atoms with Crippen molar-refractivity contribution >= 4 is 11.9 Å². The van der Waals surface area contributed by atoms with E-state index in [0.29, 0.717) is 29.5 Å².